The molecule has 3 aromatic rings. The Kier molecular flexibility index (Phi) is 22.2. The maximum atomic E-state index is 16.8. The number of fused-ring (bicyclic) bond motifs is 6. The lowest BCUT2D eigenvalue weighted by atomic mass is 9.44. The van der Waals surface area contributed by atoms with Gasteiger partial charge < -0.3 is 69.5 Å². The molecule has 7 N–H and O–H groups in total. The van der Waals surface area contributed by atoms with Gasteiger partial charge in [0, 0.05) is 55.7 Å². The molecule has 0 radical (unpaired) electrons. The van der Waals surface area contributed by atoms with Crippen LogP contribution in [0.25, 0.3) is 0 Å². The summed E-state index contributed by atoms with van der Waals surface area (Å²) in [5.74, 6) is -5.81. The van der Waals surface area contributed by atoms with E-state index in [9.17, 15) is 44.4 Å². The first kappa shape index (κ1) is 78.3. The molecule has 9 aliphatic rings. The van der Waals surface area contributed by atoms with Crippen LogP contribution in [0.2, 0.25) is 0 Å². The number of aliphatic hydroxyl groups is 4. The second kappa shape index (κ2) is 30.3. The number of amides is 3. The van der Waals surface area contributed by atoms with Crippen LogP contribution in [0.4, 0.5) is 9.59 Å². The summed E-state index contributed by atoms with van der Waals surface area (Å²) in [6.07, 6.45) is 2.22. The van der Waals surface area contributed by atoms with Crippen molar-refractivity contribution >= 4 is 47.8 Å². The molecular weight excluding hydrogens is 1370 g/mol. The van der Waals surface area contributed by atoms with Crippen LogP contribution in [0.5, 0.6) is 0 Å². The largest absolute Gasteiger partial charge is 0.456 e. The molecule has 2 bridgehead atoms. The standard InChI is InChI=1S/C85H107N3O19/c1-47(30-37-62(92)53-32-33-53)60-35-36-61-52(29-22-38-82(60,61)11)31-34-57-39-59(91)40-63(48(57)2)104-77(98)86-58-42-79(6,7)45-81(10,43-58)88-78(99)105-65-41-66-84(46-101-66,107-51(5)90)71-73(106-75(96)56-27-20-15-21-28-56)85(100)44-64(49(3)67(80(85,8)9)70(102-50(4)89)72(94)83(65,71)12)103-76(97)69(93)68(54-23-16-13-17-24-54)87-74(95)55-25-18-14-19-26-55/h13-21,23-28,30-31,34,37,47,53,58-66,68-71,73,91-93,100H,2,22,29,32-33,35-36,38-46H2,1,3-12H3,(H,86,98)(H,87,95)(H,88,99)/b37-30+,52-31+,57-34-/t47-,58?,59+,60?,61?,62?,63-,64?,65?,66?,68?,69?,70?,71?,73?,81?,82+,83?,84?,85?/m0/s1. The van der Waals surface area contributed by atoms with Gasteiger partial charge in [0.1, 0.15) is 36.1 Å². The van der Waals surface area contributed by atoms with E-state index in [1.807, 2.05) is 26.8 Å². The van der Waals surface area contributed by atoms with Gasteiger partial charge >= 0.3 is 36.1 Å². The molecule has 20 atom stereocenters. The molecule has 1 saturated heterocycles. The SMILES string of the molecule is C=C1/C(=C\C=C2/CCC[C@@]3(C)C2CCC3[C@@H](C)/C=C/C(O)C2CC2)C[C@@H](O)C[C@@H]1OC(=O)NC1CC(C)(C)CC(C)(NC(=O)OC2CC3OCC3(OC(C)=O)C3C(OC(=O)c4ccccc4)C4(O)CC(OC(=O)C(O)C(NC(=O)c5ccccc5)c5ccccc5)C(C)=C(C(OC(C)=O)C(=O)C23C)C4(C)C)C1. The van der Waals surface area contributed by atoms with Crippen molar-refractivity contribution in [2.75, 3.05) is 6.61 Å². The highest BCUT2D eigenvalue weighted by atomic mass is 16.6. The van der Waals surface area contributed by atoms with Gasteiger partial charge in [-0.15, -0.1) is 0 Å². The number of allylic oxidation sites excluding steroid dienone is 4. The normalized spacial score (nSPS) is 35.3. The van der Waals surface area contributed by atoms with Crippen molar-refractivity contribution < 1.29 is 91.9 Å². The number of hydrogen-bond donors (Lipinski definition) is 7. The predicted molar refractivity (Wildman–Crippen MR) is 394 cm³/mol. The van der Waals surface area contributed by atoms with Crippen LogP contribution in [0.1, 0.15) is 198 Å². The van der Waals surface area contributed by atoms with E-state index in [1.54, 1.807) is 92.7 Å². The van der Waals surface area contributed by atoms with Gasteiger partial charge in [-0.05, 0) is 178 Å². The number of rotatable bonds is 19. The minimum Gasteiger partial charge on any atom is -0.456 e. The number of carbonyl (C=O) groups excluding carboxylic acids is 8. The number of carbonyl (C=O) groups is 8. The first-order valence-electron chi connectivity index (χ1n) is 38.1. The van der Waals surface area contributed by atoms with Crippen molar-refractivity contribution in [1.82, 2.24) is 16.0 Å². The molecule has 0 aromatic heterocycles. The quantitative estimate of drug-likeness (QED) is 0.0333. The van der Waals surface area contributed by atoms with Crippen molar-refractivity contribution in [1.29, 1.82) is 0 Å². The Morgan fingerprint density at radius 2 is 1.40 bits per heavy atom. The third kappa shape index (κ3) is 15.5. The van der Waals surface area contributed by atoms with Crippen LogP contribution in [0, 0.1) is 51.2 Å². The van der Waals surface area contributed by atoms with Crippen molar-refractivity contribution in [3.63, 3.8) is 0 Å². The average molecular weight is 1470 g/mol. The molecular formula is C85H107N3O19. The average Bonchev–Trinajstić information content (AvgIpc) is 1.41. The molecule has 8 fully saturated rings. The summed E-state index contributed by atoms with van der Waals surface area (Å²) >= 11 is 0. The molecule has 22 nitrogen and oxygen atoms in total. The molecule has 7 saturated carbocycles. The topological polar surface area (TPSA) is 318 Å². The Balaban J connectivity index is 0.819. The third-order valence-electron chi connectivity index (χ3n) is 25.7. The Labute approximate surface area is 626 Å². The van der Waals surface area contributed by atoms with Gasteiger partial charge in [0.2, 0.25) is 0 Å². The summed E-state index contributed by atoms with van der Waals surface area (Å²) in [4.78, 5) is 118. The van der Waals surface area contributed by atoms with Gasteiger partial charge in [-0.2, -0.15) is 0 Å². The lowest BCUT2D eigenvalue weighted by Crippen LogP contribution is -2.82. The van der Waals surface area contributed by atoms with Gasteiger partial charge in [-0.1, -0.05) is 145 Å². The van der Waals surface area contributed by atoms with E-state index in [0.29, 0.717) is 54.1 Å². The summed E-state index contributed by atoms with van der Waals surface area (Å²) in [6.45, 7) is 22.8. The monoisotopic (exact) mass is 1470 g/mol. The molecule has 16 unspecified atom stereocenters. The smallest absolute Gasteiger partial charge is 0.407 e. The fourth-order valence-electron chi connectivity index (χ4n) is 20.5. The number of ether oxygens (including phenoxy) is 7. The zero-order valence-corrected chi connectivity index (χ0v) is 63.4. The van der Waals surface area contributed by atoms with Crippen LogP contribution in [0.3, 0.4) is 0 Å². The van der Waals surface area contributed by atoms with Crippen LogP contribution < -0.4 is 16.0 Å². The molecule has 576 valence electrons. The van der Waals surface area contributed by atoms with E-state index in [-0.39, 0.29) is 53.1 Å². The van der Waals surface area contributed by atoms with Gasteiger partial charge in [0.05, 0.1) is 41.8 Å². The highest BCUT2D eigenvalue weighted by Gasteiger charge is 2.79. The Bertz CT molecular complexity index is 4050. The second-order valence-corrected chi connectivity index (χ2v) is 34.1. The second-order valence-electron chi connectivity index (χ2n) is 34.1. The van der Waals surface area contributed by atoms with E-state index in [4.69, 9.17) is 33.2 Å². The number of esters is 4. The van der Waals surface area contributed by atoms with Crippen LogP contribution in [0.15, 0.2) is 150 Å². The van der Waals surface area contributed by atoms with Crippen molar-refractivity contribution in [2.24, 2.45) is 51.2 Å². The molecule has 107 heavy (non-hydrogen) atoms. The van der Waals surface area contributed by atoms with Crippen molar-refractivity contribution in [2.45, 2.75) is 250 Å². The molecule has 12 rings (SSSR count). The van der Waals surface area contributed by atoms with Gasteiger partial charge in [-0.25, -0.2) is 19.2 Å². The Morgan fingerprint density at radius 1 is 0.738 bits per heavy atom. The minimum absolute atomic E-state index is 0.00454. The molecule has 1 heterocycles. The number of Topliss-reactive ketones (excluding diaryl/α,β-unsaturated/α-hetero) is 1. The Hall–Kier alpha value is -8.28. The Morgan fingerprint density at radius 3 is 2.04 bits per heavy atom. The van der Waals surface area contributed by atoms with Crippen LogP contribution >= 0.6 is 0 Å². The van der Waals surface area contributed by atoms with Crippen LogP contribution in [-0.2, 0) is 52.3 Å². The fraction of sp³-hybridized carbons (Fsp3) is 0.576. The molecule has 3 amide bonds. The summed E-state index contributed by atoms with van der Waals surface area (Å²) in [5, 5.41) is 57.4. The molecule has 3 aromatic carbocycles. The first-order valence-corrected chi connectivity index (χ1v) is 38.1. The van der Waals surface area contributed by atoms with E-state index >= 15 is 14.4 Å². The van der Waals surface area contributed by atoms with Crippen LogP contribution in [-0.4, -0.2) is 153 Å². The van der Waals surface area contributed by atoms with Gasteiger partial charge in [0.25, 0.3) is 5.91 Å². The van der Waals surface area contributed by atoms with E-state index in [1.165, 1.54) is 31.6 Å². The highest BCUT2D eigenvalue weighted by molar-refractivity contribution is 5.97. The zero-order valence-electron chi connectivity index (χ0n) is 63.4. The number of benzene rings is 3. The van der Waals surface area contributed by atoms with Gasteiger partial charge in [-0.3, -0.25) is 19.2 Å². The van der Waals surface area contributed by atoms with Crippen molar-refractivity contribution in [3.05, 3.63) is 166 Å². The zero-order chi connectivity index (χ0) is 77.1. The number of aliphatic hydroxyl groups excluding tert-OH is 3. The lowest BCUT2D eigenvalue weighted by molar-refractivity contribution is -0.345. The maximum Gasteiger partial charge on any atom is 0.407 e. The number of alkyl carbamates (subject to hydrolysis) is 2. The molecule has 8 aliphatic carbocycles. The first-order chi connectivity index (χ1) is 50.5. The minimum atomic E-state index is -2.56. The predicted octanol–water partition coefficient (Wildman–Crippen LogP) is 11.6. The molecule has 0 spiro atoms. The van der Waals surface area contributed by atoms with E-state index in [2.05, 4.69) is 54.6 Å². The highest BCUT2D eigenvalue weighted by Crippen LogP contribution is 2.66. The van der Waals surface area contributed by atoms with E-state index in [0.717, 1.165) is 64.4 Å². The summed E-state index contributed by atoms with van der Waals surface area (Å²) in [5.41, 5.74) is -6.83. The van der Waals surface area contributed by atoms with Crippen molar-refractivity contribution in [3.8, 4) is 0 Å². The lowest BCUT2D eigenvalue weighted by Gasteiger charge is -2.67. The number of nitrogens with one attached hydrogen (secondary N) is 3. The van der Waals surface area contributed by atoms with E-state index < -0.39 is 161 Å². The third-order valence-corrected chi connectivity index (χ3v) is 25.7. The summed E-state index contributed by atoms with van der Waals surface area (Å²) < 4.78 is 44.6. The number of hydrogen-bond acceptors (Lipinski definition) is 19. The fourth-order valence-corrected chi connectivity index (χ4v) is 20.5. The number of ketones is 1. The summed E-state index contributed by atoms with van der Waals surface area (Å²) in [7, 11) is 0. The molecule has 1 aliphatic heterocycles. The maximum absolute atomic E-state index is 16.8. The molecule has 22 heteroatoms. The summed E-state index contributed by atoms with van der Waals surface area (Å²) in [6, 6.07) is 22.2. The van der Waals surface area contributed by atoms with Gasteiger partial charge in [0.15, 0.2) is 23.6 Å².